The Bertz CT molecular complexity index is 1110. The van der Waals surface area contributed by atoms with Crippen LogP contribution < -0.4 is 4.74 Å². The molecule has 1 fully saturated rings. The zero-order chi connectivity index (χ0) is 22.9. The maximum absolute atomic E-state index is 13.4. The molecule has 3 amide bonds. The van der Waals surface area contributed by atoms with Gasteiger partial charge in [-0.15, -0.1) is 0 Å². The first-order valence-electron chi connectivity index (χ1n) is 11.2. The van der Waals surface area contributed by atoms with E-state index >= 15 is 0 Å². The Morgan fingerprint density at radius 3 is 2.21 bits per heavy atom. The third kappa shape index (κ3) is 3.84. The van der Waals surface area contributed by atoms with Crippen LogP contribution in [-0.4, -0.2) is 47.0 Å². The van der Waals surface area contributed by atoms with Crippen LogP contribution in [0.4, 0.5) is 0 Å². The predicted octanol–water partition coefficient (Wildman–Crippen LogP) is 3.32. The van der Waals surface area contributed by atoms with Crippen LogP contribution >= 0.6 is 0 Å². The molecular weight excluding hydrogens is 418 g/mol. The number of hydrogen-bond donors (Lipinski definition) is 0. The summed E-state index contributed by atoms with van der Waals surface area (Å²) >= 11 is 0. The molecule has 168 valence electrons. The van der Waals surface area contributed by atoms with Gasteiger partial charge in [0.2, 0.25) is 11.8 Å². The van der Waals surface area contributed by atoms with E-state index < -0.39 is 0 Å². The maximum atomic E-state index is 13.4. The number of ether oxygens (including phenoxy) is 1. The molecule has 0 unspecified atom stereocenters. The normalized spacial score (nSPS) is 24.2. The Morgan fingerprint density at radius 2 is 1.61 bits per heavy atom. The number of benzene rings is 2. The lowest BCUT2D eigenvalue weighted by Crippen LogP contribution is -2.41. The highest BCUT2D eigenvalue weighted by Crippen LogP contribution is 2.37. The van der Waals surface area contributed by atoms with Gasteiger partial charge in [-0.1, -0.05) is 54.6 Å². The van der Waals surface area contributed by atoms with Gasteiger partial charge in [0.1, 0.15) is 12.3 Å². The van der Waals surface area contributed by atoms with Crippen molar-refractivity contribution in [3.63, 3.8) is 0 Å². The average molecular weight is 444 g/mol. The van der Waals surface area contributed by atoms with Crippen molar-refractivity contribution in [2.75, 3.05) is 13.7 Å². The highest BCUT2D eigenvalue weighted by molar-refractivity contribution is 6.08. The van der Waals surface area contributed by atoms with Crippen LogP contribution in [-0.2, 0) is 14.4 Å². The molecule has 2 aliphatic heterocycles. The van der Waals surface area contributed by atoms with Crippen molar-refractivity contribution in [1.29, 1.82) is 0 Å². The minimum absolute atomic E-state index is 0.254. The molecule has 33 heavy (non-hydrogen) atoms. The van der Waals surface area contributed by atoms with Gasteiger partial charge in [0, 0.05) is 6.42 Å². The van der Waals surface area contributed by atoms with Crippen LogP contribution in [0.25, 0.3) is 0 Å². The molecule has 1 aliphatic carbocycles. The summed E-state index contributed by atoms with van der Waals surface area (Å²) in [5.74, 6) is -0.854. The molecule has 7 nitrogen and oxygen atoms in total. The molecule has 0 spiro atoms. The molecule has 2 aromatic rings. The Kier molecular flexibility index (Phi) is 5.54. The highest BCUT2D eigenvalue weighted by atomic mass is 16.5. The van der Waals surface area contributed by atoms with Crippen LogP contribution in [0.5, 0.6) is 5.75 Å². The molecule has 0 saturated carbocycles. The van der Waals surface area contributed by atoms with Crippen molar-refractivity contribution in [3.8, 4) is 5.75 Å². The van der Waals surface area contributed by atoms with Crippen molar-refractivity contribution in [1.82, 2.24) is 9.91 Å². The van der Waals surface area contributed by atoms with Crippen molar-refractivity contribution in [2.45, 2.75) is 25.3 Å². The number of carbonyl (C=O) groups is 3. The molecule has 7 heteroatoms. The van der Waals surface area contributed by atoms with E-state index in [2.05, 4.69) is 5.10 Å². The molecule has 0 radical (unpaired) electrons. The van der Waals surface area contributed by atoms with E-state index in [1.54, 1.807) is 7.11 Å². The number of likely N-dealkylation sites (tertiary alicyclic amines) is 1. The number of methoxy groups -OCH3 is 1. The van der Waals surface area contributed by atoms with Gasteiger partial charge in [-0.2, -0.15) is 5.10 Å². The van der Waals surface area contributed by atoms with Gasteiger partial charge in [0.05, 0.1) is 30.7 Å². The van der Waals surface area contributed by atoms with Gasteiger partial charge in [-0.05, 0) is 36.1 Å². The Labute approximate surface area is 192 Å². The van der Waals surface area contributed by atoms with Gasteiger partial charge in [0.15, 0.2) is 0 Å². The van der Waals surface area contributed by atoms with E-state index in [-0.39, 0.29) is 42.1 Å². The molecule has 5 rings (SSSR count). The van der Waals surface area contributed by atoms with Crippen LogP contribution in [0, 0.1) is 11.8 Å². The first-order valence-corrected chi connectivity index (χ1v) is 11.2. The highest BCUT2D eigenvalue weighted by Gasteiger charge is 2.48. The summed E-state index contributed by atoms with van der Waals surface area (Å²) in [7, 11) is 1.61. The number of hydrogen-bond acceptors (Lipinski definition) is 5. The zero-order valence-electron chi connectivity index (χ0n) is 18.4. The number of fused-ring (bicyclic) bond motifs is 1. The van der Waals surface area contributed by atoms with Crippen LogP contribution in [0.2, 0.25) is 0 Å². The maximum Gasteiger partial charge on any atom is 0.263 e. The van der Waals surface area contributed by atoms with Gasteiger partial charge in [-0.25, -0.2) is 5.01 Å². The monoisotopic (exact) mass is 443 g/mol. The van der Waals surface area contributed by atoms with E-state index in [0.29, 0.717) is 19.3 Å². The molecule has 0 aromatic heterocycles. The fraction of sp³-hybridized carbons (Fsp3) is 0.308. The summed E-state index contributed by atoms with van der Waals surface area (Å²) in [6, 6.07) is 16.9. The second-order valence-electron chi connectivity index (χ2n) is 8.56. The molecule has 3 aliphatic rings. The minimum Gasteiger partial charge on any atom is -0.497 e. The predicted molar refractivity (Wildman–Crippen MR) is 122 cm³/mol. The molecule has 3 atom stereocenters. The summed E-state index contributed by atoms with van der Waals surface area (Å²) < 4.78 is 5.26. The fourth-order valence-corrected chi connectivity index (χ4v) is 4.86. The molecular formula is C26H25N3O4. The van der Waals surface area contributed by atoms with Gasteiger partial charge in [0.25, 0.3) is 5.91 Å². The lowest BCUT2D eigenvalue weighted by molar-refractivity contribution is -0.147. The molecule has 0 N–H and O–H groups in total. The quantitative estimate of drug-likeness (QED) is 0.525. The van der Waals surface area contributed by atoms with Gasteiger partial charge < -0.3 is 4.74 Å². The zero-order valence-corrected chi connectivity index (χ0v) is 18.4. The first-order chi connectivity index (χ1) is 16.1. The van der Waals surface area contributed by atoms with Crippen molar-refractivity contribution in [3.05, 3.63) is 77.9 Å². The minimum atomic E-state index is -0.366. The van der Waals surface area contributed by atoms with E-state index in [1.165, 1.54) is 5.01 Å². The van der Waals surface area contributed by atoms with Crippen molar-refractivity contribution in [2.24, 2.45) is 16.9 Å². The number of imide groups is 1. The average Bonchev–Trinajstić information content (AvgIpc) is 3.41. The fourth-order valence-electron chi connectivity index (χ4n) is 4.86. The van der Waals surface area contributed by atoms with Crippen LogP contribution in [0.15, 0.2) is 71.9 Å². The summed E-state index contributed by atoms with van der Waals surface area (Å²) in [6.45, 7) is -0.289. The topological polar surface area (TPSA) is 79.3 Å². The largest absolute Gasteiger partial charge is 0.497 e. The lowest BCUT2D eigenvalue weighted by Gasteiger charge is -2.24. The molecule has 2 aromatic carbocycles. The Morgan fingerprint density at radius 1 is 0.970 bits per heavy atom. The molecule has 2 heterocycles. The third-order valence-corrected chi connectivity index (χ3v) is 6.67. The van der Waals surface area contributed by atoms with E-state index in [0.717, 1.165) is 27.5 Å². The number of amides is 3. The van der Waals surface area contributed by atoms with Crippen LogP contribution in [0.3, 0.4) is 0 Å². The van der Waals surface area contributed by atoms with E-state index in [1.807, 2.05) is 66.7 Å². The molecule has 0 bridgehead atoms. The van der Waals surface area contributed by atoms with Gasteiger partial charge >= 0.3 is 0 Å². The number of hydrazone groups is 1. The number of nitrogens with zero attached hydrogens (tertiary/aromatic N) is 3. The van der Waals surface area contributed by atoms with E-state index in [4.69, 9.17) is 4.74 Å². The number of allylic oxidation sites excluding steroid dienone is 2. The summed E-state index contributed by atoms with van der Waals surface area (Å²) in [6.07, 6.45) is 5.52. The van der Waals surface area contributed by atoms with Crippen molar-refractivity contribution < 1.29 is 19.1 Å². The summed E-state index contributed by atoms with van der Waals surface area (Å²) in [4.78, 5) is 40.3. The lowest BCUT2D eigenvalue weighted by atomic mass is 9.85. The van der Waals surface area contributed by atoms with Crippen molar-refractivity contribution >= 4 is 23.4 Å². The van der Waals surface area contributed by atoms with E-state index in [9.17, 15) is 14.4 Å². The van der Waals surface area contributed by atoms with Crippen LogP contribution in [0.1, 0.15) is 36.4 Å². The second-order valence-corrected chi connectivity index (χ2v) is 8.56. The van der Waals surface area contributed by atoms with Gasteiger partial charge in [-0.3, -0.25) is 19.3 Å². The summed E-state index contributed by atoms with van der Waals surface area (Å²) in [5, 5.41) is 6.08. The molecule has 1 saturated heterocycles. The standard InChI is InChI=1S/C26H25N3O4/c1-33-19-13-11-18(12-14-19)23-15-22(17-7-3-2-4-8-17)27-29(23)24(30)16-28-25(31)20-9-5-6-10-21(20)26(28)32/h2-8,11-14,20-21,23H,9-10,15-16H2,1H3/t20-,21-,23-/m0/s1. The smallest absolute Gasteiger partial charge is 0.263 e. The third-order valence-electron chi connectivity index (χ3n) is 6.67. The number of carbonyl (C=O) groups excluding carboxylic acids is 3. The number of rotatable bonds is 5. The Balaban J connectivity index is 1.42. The SMILES string of the molecule is COc1ccc([C@@H]2CC(c3ccccc3)=NN2C(=O)CN2C(=O)[C@H]3CC=CC[C@@H]3C2=O)cc1. The summed E-state index contributed by atoms with van der Waals surface area (Å²) in [5.41, 5.74) is 2.65. The Hall–Kier alpha value is -3.74. The first kappa shape index (κ1) is 21.1. The second kappa shape index (κ2) is 8.65.